The van der Waals surface area contributed by atoms with Crippen molar-refractivity contribution >= 4 is 17.6 Å². The summed E-state index contributed by atoms with van der Waals surface area (Å²) in [4.78, 5) is 24.5. The number of nitrogens with zero attached hydrogens (tertiary/aromatic N) is 1. The zero-order chi connectivity index (χ0) is 15.2. The Balaban J connectivity index is 2.21. The highest BCUT2D eigenvalue weighted by atomic mass is 16.4. The highest BCUT2D eigenvalue weighted by Gasteiger charge is 2.19. The van der Waals surface area contributed by atoms with E-state index in [1.807, 2.05) is 30.3 Å². The van der Waals surface area contributed by atoms with E-state index >= 15 is 0 Å². The lowest BCUT2D eigenvalue weighted by Gasteiger charge is -2.21. The minimum atomic E-state index is -1.09. The molecule has 0 bridgehead atoms. The number of aromatic hydroxyl groups is 1. The van der Waals surface area contributed by atoms with Crippen molar-refractivity contribution in [1.82, 2.24) is 0 Å². The van der Waals surface area contributed by atoms with Crippen LogP contribution in [0.15, 0.2) is 54.6 Å². The summed E-state index contributed by atoms with van der Waals surface area (Å²) in [6, 6.07) is 15.0. The molecule has 2 aromatic carbocycles. The van der Waals surface area contributed by atoms with Gasteiger partial charge in [0, 0.05) is 5.69 Å². The Bertz CT molecular complexity index is 622. The number of carboxylic acids is 1. The number of carbonyl (C=O) groups is 2. The van der Waals surface area contributed by atoms with Crippen molar-refractivity contribution in [2.45, 2.75) is 6.42 Å². The smallest absolute Gasteiger partial charge is 0.323 e. The summed E-state index contributed by atoms with van der Waals surface area (Å²) in [5.41, 5.74) is 1.26. The van der Waals surface area contributed by atoms with Crippen LogP contribution in [0.5, 0.6) is 5.75 Å². The quantitative estimate of drug-likeness (QED) is 0.881. The maximum atomic E-state index is 12.3. The third-order valence-corrected chi connectivity index (χ3v) is 2.95. The fourth-order valence-electron chi connectivity index (χ4n) is 1.96. The van der Waals surface area contributed by atoms with Crippen molar-refractivity contribution in [2.75, 3.05) is 11.4 Å². The van der Waals surface area contributed by atoms with Gasteiger partial charge in [0.05, 0.1) is 6.42 Å². The lowest BCUT2D eigenvalue weighted by atomic mass is 10.1. The molecular formula is C16H15NO4. The van der Waals surface area contributed by atoms with Crippen LogP contribution in [-0.4, -0.2) is 28.6 Å². The van der Waals surface area contributed by atoms with E-state index in [-0.39, 0.29) is 18.1 Å². The predicted octanol–water partition coefficient (Wildman–Crippen LogP) is 2.05. The lowest BCUT2D eigenvalue weighted by molar-refractivity contribution is -0.136. The summed E-state index contributed by atoms with van der Waals surface area (Å²) < 4.78 is 0. The molecule has 0 aliphatic heterocycles. The van der Waals surface area contributed by atoms with Crippen molar-refractivity contribution in [3.8, 4) is 5.75 Å². The van der Waals surface area contributed by atoms with Gasteiger partial charge >= 0.3 is 5.97 Å². The number of phenolic OH excluding ortho intramolecular Hbond substituents is 1. The summed E-state index contributed by atoms with van der Waals surface area (Å²) in [5, 5.41) is 18.2. The van der Waals surface area contributed by atoms with E-state index in [1.54, 1.807) is 0 Å². The third kappa shape index (κ3) is 4.07. The van der Waals surface area contributed by atoms with Gasteiger partial charge in [-0.3, -0.25) is 9.59 Å². The van der Waals surface area contributed by atoms with Crippen LogP contribution in [0.1, 0.15) is 5.56 Å². The Kier molecular flexibility index (Phi) is 4.56. The van der Waals surface area contributed by atoms with Crippen molar-refractivity contribution in [3.63, 3.8) is 0 Å². The zero-order valence-electron chi connectivity index (χ0n) is 11.3. The third-order valence-electron chi connectivity index (χ3n) is 2.95. The van der Waals surface area contributed by atoms with Crippen LogP contribution in [0.25, 0.3) is 0 Å². The summed E-state index contributed by atoms with van der Waals surface area (Å²) in [6.45, 7) is -0.420. The molecule has 0 fully saturated rings. The second-order valence-electron chi connectivity index (χ2n) is 4.55. The fraction of sp³-hybridized carbons (Fsp3) is 0.125. The molecule has 0 aromatic heterocycles. The van der Waals surface area contributed by atoms with E-state index in [2.05, 4.69) is 0 Å². The number of carbonyl (C=O) groups excluding carboxylic acids is 1. The molecule has 2 rings (SSSR count). The first-order valence-corrected chi connectivity index (χ1v) is 6.41. The number of aliphatic carboxylic acids is 1. The summed E-state index contributed by atoms with van der Waals surface area (Å²) in [7, 11) is 0. The minimum Gasteiger partial charge on any atom is -0.508 e. The number of amides is 1. The molecule has 0 saturated carbocycles. The van der Waals surface area contributed by atoms with E-state index < -0.39 is 12.5 Å². The molecule has 1 amide bonds. The van der Waals surface area contributed by atoms with E-state index in [0.717, 1.165) is 5.56 Å². The van der Waals surface area contributed by atoms with E-state index in [4.69, 9.17) is 5.11 Å². The Hall–Kier alpha value is -2.82. The largest absolute Gasteiger partial charge is 0.508 e. The first kappa shape index (κ1) is 14.6. The molecule has 0 heterocycles. The second kappa shape index (κ2) is 6.56. The summed E-state index contributed by atoms with van der Waals surface area (Å²) in [6.07, 6.45) is 0.120. The van der Waals surface area contributed by atoms with Gasteiger partial charge in [0.15, 0.2) is 0 Å². The van der Waals surface area contributed by atoms with Gasteiger partial charge in [0.2, 0.25) is 5.91 Å². The van der Waals surface area contributed by atoms with E-state index in [0.29, 0.717) is 5.69 Å². The van der Waals surface area contributed by atoms with Crippen LogP contribution in [0, 0.1) is 0 Å². The maximum absolute atomic E-state index is 12.3. The first-order chi connectivity index (χ1) is 10.1. The normalized spacial score (nSPS) is 10.1. The van der Waals surface area contributed by atoms with Gasteiger partial charge in [0.25, 0.3) is 0 Å². The predicted molar refractivity (Wildman–Crippen MR) is 78.2 cm³/mol. The van der Waals surface area contributed by atoms with Gasteiger partial charge in [-0.2, -0.15) is 0 Å². The molecule has 21 heavy (non-hydrogen) atoms. The van der Waals surface area contributed by atoms with Crippen molar-refractivity contribution in [2.24, 2.45) is 0 Å². The SMILES string of the molecule is O=C(O)CN(C(=O)Cc1ccccc1)c1ccc(O)cc1. The standard InChI is InChI=1S/C16H15NO4/c18-14-8-6-13(7-9-14)17(11-16(20)21)15(19)10-12-4-2-1-3-5-12/h1-9,18H,10-11H2,(H,20,21). The average molecular weight is 285 g/mol. The molecular weight excluding hydrogens is 270 g/mol. The van der Waals surface area contributed by atoms with Crippen LogP contribution in [0.3, 0.4) is 0 Å². The Morgan fingerprint density at radius 3 is 2.14 bits per heavy atom. The maximum Gasteiger partial charge on any atom is 0.323 e. The average Bonchev–Trinajstić information content (AvgIpc) is 2.46. The van der Waals surface area contributed by atoms with Crippen molar-refractivity contribution < 1.29 is 19.8 Å². The van der Waals surface area contributed by atoms with Gasteiger partial charge in [-0.15, -0.1) is 0 Å². The van der Waals surface area contributed by atoms with Gasteiger partial charge in [-0.25, -0.2) is 0 Å². The summed E-state index contributed by atoms with van der Waals surface area (Å²) in [5.74, 6) is -1.34. The molecule has 0 unspecified atom stereocenters. The summed E-state index contributed by atoms with van der Waals surface area (Å²) >= 11 is 0. The van der Waals surface area contributed by atoms with Gasteiger partial charge in [0.1, 0.15) is 12.3 Å². The highest BCUT2D eigenvalue weighted by molar-refractivity contribution is 5.98. The Morgan fingerprint density at radius 2 is 1.57 bits per heavy atom. The van der Waals surface area contributed by atoms with Gasteiger partial charge in [-0.05, 0) is 29.8 Å². The van der Waals surface area contributed by atoms with E-state index in [1.165, 1.54) is 29.2 Å². The van der Waals surface area contributed by atoms with Crippen LogP contribution in [0.4, 0.5) is 5.69 Å². The molecule has 0 saturated heterocycles. The second-order valence-corrected chi connectivity index (χ2v) is 4.55. The van der Waals surface area contributed by atoms with E-state index in [9.17, 15) is 14.7 Å². The van der Waals surface area contributed by atoms with Crippen LogP contribution in [-0.2, 0) is 16.0 Å². The Morgan fingerprint density at radius 1 is 0.952 bits per heavy atom. The molecule has 2 aromatic rings. The molecule has 5 heteroatoms. The van der Waals surface area contributed by atoms with Crippen LogP contribution >= 0.6 is 0 Å². The molecule has 0 aliphatic carbocycles. The number of benzene rings is 2. The number of hydrogen-bond acceptors (Lipinski definition) is 3. The van der Waals surface area contributed by atoms with Crippen molar-refractivity contribution in [1.29, 1.82) is 0 Å². The van der Waals surface area contributed by atoms with Gasteiger partial charge < -0.3 is 15.1 Å². The molecule has 0 radical (unpaired) electrons. The van der Waals surface area contributed by atoms with Crippen molar-refractivity contribution in [3.05, 3.63) is 60.2 Å². The molecule has 108 valence electrons. The zero-order valence-corrected chi connectivity index (χ0v) is 11.3. The number of phenols is 1. The number of rotatable bonds is 5. The fourth-order valence-corrected chi connectivity index (χ4v) is 1.96. The highest BCUT2D eigenvalue weighted by Crippen LogP contribution is 2.19. The number of anilines is 1. The first-order valence-electron chi connectivity index (χ1n) is 6.41. The minimum absolute atomic E-state index is 0.0598. The molecule has 0 aliphatic rings. The molecule has 5 nitrogen and oxygen atoms in total. The van der Waals surface area contributed by atoms with Crippen LogP contribution < -0.4 is 4.90 Å². The number of carboxylic acid groups (broad SMARTS) is 1. The molecule has 0 spiro atoms. The lowest BCUT2D eigenvalue weighted by Crippen LogP contribution is -2.36. The monoisotopic (exact) mass is 285 g/mol. The number of hydrogen-bond donors (Lipinski definition) is 2. The van der Waals surface area contributed by atoms with Gasteiger partial charge in [-0.1, -0.05) is 30.3 Å². The van der Waals surface area contributed by atoms with Crippen LogP contribution in [0.2, 0.25) is 0 Å². The molecule has 2 N–H and O–H groups in total. The Labute approximate surface area is 122 Å². The topological polar surface area (TPSA) is 77.8 Å². The molecule has 0 atom stereocenters.